The van der Waals surface area contributed by atoms with Crippen LogP contribution in [0.1, 0.15) is 27.9 Å². The molecule has 0 saturated heterocycles. The molecule has 144 valence electrons. The van der Waals surface area contributed by atoms with Gasteiger partial charge in [-0.1, -0.05) is 30.3 Å². The molecular formula is C20H24N2O5. The van der Waals surface area contributed by atoms with Crippen molar-refractivity contribution in [1.29, 1.82) is 0 Å². The smallest absolute Gasteiger partial charge is 0.274 e. The van der Waals surface area contributed by atoms with E-state index in [0.29, 0.717) is 30.8 Å². The zero-order valence-electron chi connectivity index (χ0n) is 15.2. The Morgan fingerprint density at radius 3 is 2.44 bits per heavy atom. The highest BCUT2D eigenvalue weighted by Gasteiger charge is 2.16. The third-order valence-corrected chi connectivity index (χ3v) is 4.16. The molecule has 0 aromatic heterocycles. The maximum atomic E-state index is 12.8. The molecule has 7 heteroatoms. The summed E-state index contributed by atoms with van der Waals surface area (Å²) in [6.07, 6.45) is 0.670. The number of carbonyl (C=O) groups is 2. The van der Waals surface area contributed by atoms with Gasteiger partial charge in [-0.15, -0.1) is 0 Å². The van der Waals surface area contributed by atoms with Gasteiger partial charge in [0.05, 0.1) is 13.5 Å². The molecule has 2 amide bonds. The van der Waals surface area contributed by atoms with E-state index in [1.54, 1.807) is 41.8 Å². The predicted molar refractivity (Wildman–Crippen MR) is 99.5 cm³/mol. The summed E-state index contributed by atoms with van der Waals surface area (Å²) in [4.78, 5) is 25.9. The zero-order valence-corrected chi connectivity index (χ0v) is 15.2. The Kier molecular flexibility index (Phi) is 7.79. The number of para-hydroxylation sites is 1. The van der Waals surface area contributed by atoms with E-state index < -0.39 is 5.91 Å². The van der Waals surface area contributed by atoms with Crippen molar-refractivity contribution >= 4 is 11.8 Å². The Bertz CT molecular complexity index is 761. The van der Waals surface area contributed by atoms with Gasteiger partial charge in [-0.25, -0.2) is 5.48 Å². The predicted octanol–water partition coefficient (Wildman–Crippen LogP) is 1.77. The summed E-state index contributed by atoms with van der Waals surface area (Å²) < 4.78 is 5.30. The second-order valence-corrected chi connectivity index (χ2v) is 6.02. The molecule has 2 rings (SSSR count). The average Bonchev–Trinajstić information content (AvgIpc) is 2.71. The standard InChI is InChI=1S/C20H24N2O5/c1-27-18-6-3-2-5-17(18)13-19(24)22(11-4-12-23)14-15-7-9-16(10-8-15)20(25)21-26/h2-3,5-10,23,26H,4,11-14H2,1H3,(H,21,25). The second-order valence-electron chi connectivity index (χ2n) is 6.02. The topological polar surface area (TPSA) is 99.1 Å². The number of hydrogen-bond donors (Lipinski definition) is 3. The van der Waals surface area contributed by atoms with Crippen molar-refractivity contribution in [2.45, 2.75) is 19.4 Å². The van der Waals surface area contributed by atoms with Crippen LogP contribution in [0.5, 0.6) is 5.75 Å². The fraction of sp³-hybridized carbons (Fsp3) is 0.300. The lowest BCUT2D eigenvalue weighted by Crippen LogP contribution is -2.33. The van der Waals surface area contributed by atoms with E-state index in [1.165, 1.54) is 0 Å². The summed E-state index contributed by atoms with van der Waals surface area (Å²) >= 11 is 0. The molecule has 2 aromatic rings. The Hall–Kier alpha value is -2.90. The number of aliphatic hydroxyl groups excluding tert-OH is 1. The van der Waals surface area contributed by atoms with Crippen LogP contribution in [-0.4, -0.2) is 47.3 Å². The minimum Gasteiger partial charge on any atom is -0.496 e. The molecule has 0 aliphatic heterocycles. The van der Waals surface area contributed by atoms with Crippen molar-refractivity contribution in [2.75, 3.05) is 20.3 Å². The number of hydrogen-bond acceptors (Lipinski definition) is 5. The van der Waals surface area contributed by atoms with Crippen LogP contribution in [0.15, 0.2) is 48.5 Å². The highest BCUT2D eigenvalue weighted by atomic mass is 16.5. The van der Waals surface area contributed by atoms with Gasteiger partial charge in [-0.3, -0.25) is 14.8 Å². The van der Waals surface area contributed by atoms with Gasteiger partial charge in [-0.2, -0.15) is 0 Å². The van der Waals surface area contributed by atoms with Crippen LogP contribution in [0.4, 0.5) is 0 Å². The molecule has 0 saturated carbocycles. The van der Waals surface area contributed by atoms with Gasteiger partial charge in [-0.05, 0) is 30.2 Å². The molecule has 0 heterocycles. The Morgan fingerprint density at radius 1 is 1.11 bits per heavy atom. The van der Waals surface area contributed by atoms with Gasteiger partial charge in [0.2, 0.25) is 5.91 Å². The Morgan fingerprint density at radius 2 is 1.81 bits per heavy atom. The van der Waals surface area contributed by atoms with Crippen LogP contribution in [0, 0.1) is 0 Å². The van der Waals surface area contributed by atoms with Crippen LogP contribution >= 0.6 is 0 Å². The third kappa shape index (κ3) is 5.80. The molecule has 0 bridgehead atoms. The number of hydroxylamine groups is 1. The van der Waals surface area contributed by atoms with E-state index in [1.807, 2.05) is 24.3 Å². The molecule has 7 nitrogen and oxygen atoms in total. The molecule has 0 fully saturated rings. The summed E-state index contributed by atoms with van der Waals surface area (Å²) in [6.45, 7) is 0.770. The quantitative estimate of drug-likeness (QED) is 0.460. The van der Waals surface area contributed by atoms with Gasteiger partial charge >= 0.3 is 0 Å². The van der Waals surface area contributed by atoms with Gasteiger partial charge in [0, 0.05) is 30.8 Å². The number of nitrogens with one attached hydrogen (secondary N) is 1. The van der Waals surface area contributed by atoms with Crippen LogP contribution in [0.3, 0.4) is 0 Å². The molecule has 2 aromatic carbocycles. The van der Waals surface area contributed by atoms with E-state index in [9.17, 15) is 9.59 Å². The summed E-state index contributed by atoms with van der Waals surface area (Å²) in [6, 6.07) is 14.0. The number of methoxy groups -OCH3 is 1. The van der Waals surface area contributed by atoms with Gasteiger partial charge in [0.25, 0.3) is 5.91 Å². The fourth-order valence-electron chi connectivity index (χ4n) is 2.72. The molecule has 27 heavy (non-hydrogen) atoms. The number of benzene rings is 2. The largest absolute Gasteiger partial charge is 0.496 e. The minimum atomic E-state index is -0.592. The van der Waals surface area contributed by atoms with Gasteiger partial charge in [0.1, 0.15) is 5.75 Å². The van der Waals surface area contributed by atoms with Crippen molar-refractivity contribution < 1.29 is 24.6 Å². The first-order valence-corrected chi connectivity index (χ1v) is 8.63. The van der Waals surface area contributed by atoms with Crippen molar-refractivity contribution in [2.24, 2.45) is 0 Å². The van der Waals surface area contributed by atoms with Crippen LogP contribution < -0.4 is 10.2 Å². The van der Waals surface area contributed by atoms with E-state index in [0.717, 1.165) is 11.1 Å². The van der Waals surface area contributed by atoms with Crippen LogP contribution in [0.2, 0.25) is 0 Å². The monoisotopic (exact) mass is 372 g/mol. The first kappa shape index (κ1) is 20.4. The van der Waals surface area contributed by atoms with E-state index in [-0.39, 0.29) is 18.9 Å². The number of rotatable bonds is 9. The summed E-state index contributed by atoms with van der Waals surface area (Å²) in [5.74, 6) is -0.0107. The first-order valence-electron chi connectivity index (χ1n) is 8.63. The molecule has 0 aliphatic rings. The lowest BCUT2D eigenvalue weighted by molar-refractivity contribution is -0.131. The third-order valence-electron chi connectivity index (χ3n) is 4.16. The minimum absolute atomic E-state index is 0.00591. The lowest BCUT2D eigenvalue weighted by Gasteiger charge is -2.23. The van der Waals surface area contributed by atoms with E-state index in [4.69, 9.17) is 15.1 Å². The number of amides is 2. The van der Waals surface area contributed by atoms with Gasteiger partial charge < -0.3 is 14.7 Å². The normalized spacial score (nSPS) is 10.3. The molecule has 0 atom stereocenters. The SMILES string of the molecule is COc1ccccc1CC(=O)N(CCCO)Cc1ccc(C(=O)NO)cc1. The Labute approximate surface area is 158 Å². The van der Waals surface area contributed by atoms with Gasteiger partial charge in [0.15, 0.2) is 0 Å². The van der Waals surface area contributed by atoms with Crippen molar-refractivity contribution in [3.63, 3.8) is 0 Å². The van der Waals surface area contributed by atoms with Crippen molar-refractivity contribution in [3.8, 4) is 5.75 Å². The first-order chi connectivity index (χ1) is 13.1. The summed E-state index contributed by atoms with van der Waals surface area (Å²) in [7, 11) is 1.57. The maximum Gasteiger partial charge on any atom is 0.274 e. The Balaban J connectivity index is 2.11. The van der Waals surface area contributed by atoms with Crippen LogP contribution in [0.25, 0.3) is 0 Å². The van der Waals surface area contributed by atoms with Crippen LogP contribution in [-0.2, 0) is 17.8 Å². The molecule has 0 spiro atoms. The number of aliphatic hydroxyl groups is 1. The molecular weight excluding hydrogens is 348 g/mol. The molecule has 0 radical (unpaired) electrons. The maximum absolute atomic E-state index is 12.8. The lowest BCUT2D eigenvalue weighted by atomic mass is 10.1. The highest BCUT2D eigenvalue weighted by Crippen LogP contribution is 2.19. The number of ether oxygens (including phenoxy) is 1. The van der Waals surface area contributed by atoms with Crippen molar-refractivity contribution in [3.05, 3.63) is 65.2 Å². The fourth-order valence-corrected chi connectivity index (χ4v) is 2.72. The molecule has 3 N–H and O–H groups in total. The highest BCUT2D eigenvalue weighted by molar-refractivity contribution is 5.93. The molecule has 0 unspecified atom stereocenters. The van der Waals surface area contributed by atoms with Crippen molar-refractivity contribution in [1.82, 2.24) is 10.4 Å². The van der Waals surface area contributed by atoms with E-state index in [2.05, 4.69) is 0 Å². The zero-order chi connectivity index (χ0) is 19.6. The average molecular weight is 372 g/mol. The molecule has 0 aliphatic carbocycles. The van der Waals surface area contributed by atoms with E-state index >= 15 is 0 Å². The summed E-state index contributed by atoms with van der Waals surface area (Å²) in [5, 5.41) is 17.8. The number of nitrogens with zero attached hydrogens (tertiary/aromatic N) is 1. The summed E-state index contributed by atoms with van der Waals surface area (Å²) in [5.41, 5.74) is 3.55. The number of carbonyl (C=O) groups excluding carboxylic acids is 2. The second kappa shape index (κ2) is 10.3.